The average Bonchev–Trinajstić information content (AvgIpc) is 2.69. The molecule has 5 nitrogen and oxygen atoms in total. The van der Waals surface area contributed by atoms with Crippen molar-refractivity contribution in [2.24, 2.45) is 0 Å². The van der Waals surface area contributed by atoms with Crippen molar-refractivity contribution in [2.75, 3.05) is 5.73 Å². The third-order valence-corrected chi connectivity index (χ3v) is 3.26. The van der Waals surface area contributed by atoms with E-state index < -0.39 is 0 Å². The van der Waals surface area contributed by atoms with E-state index in [1.165, 1.54) is 0 Å². The van der Waals surface area contributed by atoms with Gasteiger partial charge in [-0.15, -0.1) is 10.2 Å². The molecule has 90 valence electrons. The number of nitrogens with two attached hydrogens (primary N) is 1. The van der Waals surface area contributed by atoms with Gasteiger partial charge in [0.05, 0.1) is 5.69 Å². The first-order valence-electron chi connectivity index (χ1n) is 5.41. The molecule has 0 amide bonds. The van der Waals surface area contributed by atoms with E-state index in [-0.39, 0.29) is 6.04 Å². The van der Waals surface area contributed by atoms with Crippen molar-refractivity contribution in [3.05, 3.63) is 30.1 Å². The first kappa shape index (κ1) is 11.9. The Balaban J connectivity index is 2.09. The summed E-state index contributed by atoms with van der Waals surface area (Å²) in [5.41, 5.74) is 6.79. The van der Waals surface area contributed by atoms with Gasteiger partial charge in [0.2, 0.25) is 5.95 Å². The summed E-state index contributed by atoms with van der Waals surface area (Å²) in [4.78, 5) is 4.27. The van der Waals surface area contributed by atoms with Crippen LogP contribution in [0.2, 0.25) is 0 Å². The molecule has 0 unspecified atom stereocenters. The van der Waals surface area contributed by atoms with Crippen LogP contribution in [0.1, 0.15) is 25.6 Å². The number of thioether (sulfide) groups is 1. The minimum Gasteiger partial charge on any atom is -0.368 e. The Morgan fingerprint density at radius 1 is 1.35 bits per heavy atom. The van der Waals surface area contributed by atoms with Crippen LogP contribution in [0.25, 0.3) is 0 Å². The van der Waals surface area contributed by atoms with Crippen LogP contribution in [-0.4, -0.2) is 19.7 Å². The highest BCUT2D eigenvalue weighted by atomic mass is 32.2. The minimum absolute atomic E-state index is 0.260. The summed E-state index contributed by atoms with van der Waals surface area (Å²) >= 11 is 1.60. The fraction of sp³-hybridized carbons (Fsp3) is 0.364. The summed E-state index contributed by atoms with van der Waals surface area (Å²) < 4.78 is 1.92. The standard InChI is InChI=1S/C11H15N5S/c1-8(2)16-10(12)14-15-11(16)17-7-9-5-3-4-6-13-9/h3-6,8H,7H2,1-2H3,(H2,12,14). The zero-order valence-corrected chi connectivity index (χ0v) is 10.7. The van der Waals surface area contributed by atoms with E-state index in [0.717, 1.165) is 16.6 Å². The lowest BCUT2D eigenvalue weighted by Crippen LogP contribution is -2.07. The maximum absolute atomic E-state index is 5.77. The van der Waals surface area contributed by atoms with Crippen LogP contribution in [-0.2, 0) is 5.75 Å². The molecule has 2 rings (SSSR count). The zero-order chi connectivity index (χ0) is 12.3. The van der Waals surface area contributed by atoms with Gasteiger partial charge in [-0.25, -0.2) is 0 Å². The molecule has 0 aliphatic carbocycles. The predicted molar refractivity (Wildman–Crippen MR) is 68.6 cm³/mol. The quantitative estimate of drug-likeness (QED) is 0.841. The van der Waals surface area contributed by atoms with Crippen LogP contribution < -0.4 is 5.73 Å². The summed E-state index contributed by atoms with van der Waals surface area (Å²) in [5.74, 6) is 1.23. The normalized spacial score (nSPS) is 11.0. The SMILES string of the molecule is CC(C)n1c(N)nnc1SCc1ccccn1. The largest absolute Gasteiger partial charge is 0.368 e. The summed E-state index contributed by atoms with van der Waals surface area (Å²) in [6.07, 6.45) is 1.79. The van der Waals surface area contributed by atoms with Gasteiger partial charge in [-0.3, -0.25) is 9.55 Å². The monoisotopic (exact) mass is 249 g/mol. The topological polar surface area (TPSA) is 69.6 Å². The molecule has 0 bridgehead atoms. The van der Waals surface area contributed by atoms with Gasteiger partial charge in [-0.2, -0.15) is 0 Å². The fourth-order valence-corrected chi connectivity index (χ4v) is 2.48. The fourth-order valence-electron chi connectivity index (χ4n) is 1.49. The van der Waals surface area contributed by atoms with Crippen LogP contribution in [0, 0.1) is 0 Å². The number of nitrogen functional groups attached to an aromatic ring is 1. The molecule has 17 heavy (non-hydrogen) atoms. The van der Waals surface area contributed by atoms with Crippen molar-refractivity contribution in [3.8, 4) is 0 Å². The molecular formula is C11H15N5S. The average molecular weight is 249 g/mol. The Kier molecular flexibility index (Phi) is 3.63. The molecule has 0 radical (unpaired) electrons. The number of pyridine rings is 1. The van der Waals surface area contributed by atoms with Crippen LogP contribution in [0.4, 0.5) is 5.95 Å². The number of hydrogen-bond donors (Lipinski definition) is 1. The molecule has 2 aromatic heterocycles. The lowest BCUT2D eigenvalue weighted by molar-refractivity contribution is 0.557. The maximum atomic E-state index is 5.77. The second-order valence-corrected chi connectivity index (χ2v) is 4.86. The molecule has 6 heteroatoms. The van der Waals surface area contributed by atoms with E-state index in [9.17, 15) is 0 Å². The highest BCUT2D eigenvalue weighted by Gasteiger charge is 2.12. The van der Waals surface area contributed by atoms with Gasteiger partial charge < -0.3 is 5.73 Å². The number of nitrogens with zero attached hydrogens (tertiary/aromatic N) is 4. The summed E-state index contributed by atoms with van der Waals surface area (Å²) in [7, 11) is 0. The number of anilines is 1. The Bertz CT molecular complexity index is 480. The Labute approximate surface area is 104 Å². The highest BCUT2D eigenvalue weighted by Crippen LogP contribution is 2.24. The van der Waals surface area contributed by atoms with Crippen LogP contribution >= 0.6 is 11.8 Å². The molecule has 0 aliphatic rings. The second-order valence-electron chi connectivity index (χ2n) is 3.91. The van der Waals surface area contributed by atoms with Gasteiger partial charge in [0, 0.05) is 18.0 Å². The molecule has 0 spiro atoms. The summed E-state index contributed by atoms with van der Waals surface area (Å²) in [5, 5.41) is 8.81. The molecule has 0 atom stereocenters. The predicted octanol–water partition coefficient (Wildman–Crippen LogP) is 2.13. The van der Waals surface area contributed by atoms with Crippen molar-refractivity contribution >= 4 is 17.7 Å². The number of rotatable bonds is 4. The lowest BCUT2D eigenvalue weighted by Gasteiger charge is -2.10. The van der Waals surface area contributed by atoms with E-state index in [4.69, 9.17) is 5.73 Å². The summed E-state index contributed by atoms with van der Waals surface area (Å²) in [6.45, 7) is 4.12. The van der Waals surface area contributed by atoms with E-state index in [2.05, 4.69) is 29.0 Å². The molecule has 0 aromatic carbocycles. The van der Waals surface area contributed by atoms with Gasteiger partial charge in [0.25, 0.3) is 0 Å². The van der Waals surface area contributed by atoms with Crippen molar-refractivity contribution in [3.63, 3.8) is 0 Å². The number of aromatic nitrogens is 4. The van der Waals surface area contributed by atoms with Gasteiger partial charge in [0.15, 0.2) is 5.16 Å². The molecular weight excluding hydrogens is 234 g/mol. The summed E-state index contributed by atoms with van der Waals surface area (Å²) in [6, 6.07) is 6.14. The van der Waals surface area contributed by atoms with E-state index >= 15 is 0 Å². The van der Waals surface area contributed by atoms with Gasteiger partial charge in [-0.05, 0) is 26.0 Å². The van der Waals surface area contributed by atoms with Crippen molar-refractivity contribution in [1.29, 1.82) is 0 Å². The molecule has 0 fully saturated rings. The van der Waals surface area contributed by atoms with Crippen LogP contribution in [0.5, 0.6) is 0 Å². The van der Waals surface area contributed by atoms with E-state index in [1.807, 2.05) is 22.8 Å². The van der Waals surface area contributed by atoms with Gasteiger partial charge in [0.1, 0.15) is 0 Å². The zero-order valence-electron chi connectivity index (χ0n) is 9.87. The van der Waals surface area contributed by atoms with Crippen LogP contribution in [0.3, 0.4) is 0 Å². The smallest absolute Gasteiger partial charge is 0.222 e. The van der Waals surface area contributed by atoms with Gasteiger partial charge >= 0.3 is 0 Å². The molecule has 2 aromatic rings. The maximum Gasteiger partial charge on any atom is 0.222 e. The molecule has 0 saturated carbocycles. The lowest BCUT2D eigenvalue weighted by atomic mass is 10.4. The third kappa shape index (κ3) is 2.76. The van der Waals surface area contributed by atoms with Crippen molar-refractivity contribution in [1.82, 2.24) is 19.7 Å². The van der Waals surface area contributed by atoms with Crippen LogP contribution in [0.15, 0.2) is 29.6 Å². The number of hydrogen-bond acceptors (Lipinski definition) is 5. The van der Waals surface area contributed by atoms with E-state index in [1.54, 1.807) is 18.0 Å². The first-order valence-corrected chi connectivity index (χ1v) is 6.40. The molecule has 2 N–H and O–H groups in total. The first-order chi connectivity index (χ1) is 8.18. The van der Waals surface area contributed by atoms with Gasteiger partial charge in [-0.1, -0.05) is 17.8 Å². The van der Waals surface area contributed by atoms with E-state index in [0.29, 0.717) is 5.95 Å². The Morgan fingerprint density at radius 2 is 2.18 bits per heavy atom. The minimum atomic E-state index is 0.260. The molecule has 0 aliphatic heterocycles. The Morgan fingerprint density at radius 3 is 2.82 bits per heavy atom. The molecule has 0 saturated heterocycles. The van der Waals surface area contributed by atoms with Crippen molar-refractivity contribution < 1.29 is 0 Å². The molecule has 2 heterocycles. The highest BCUT2D eigenvalue weighted by molar-refractivity contribution is 7.98. The Hall–Kier alpha value is -1.56. The third-order valence-electron chi connectivity index (χ3n) is 2.28. The van der Waals surface area contributed by atoms with Crippen molar-refractivity contribution in [2.45, 2.75) is 30.8 Å². The second kappa shape index (κ2) is 5.18.